The van der Waals surface area contributed by atoms with Crippen molar-refractivity contribution in [2.24, 2.45) is 0 Å². The topological polar surface area (TPSA) is 65.8 Å². The summed E-state index contributed by atoms with van der Waals surface area (Å²) in [5.74, 6) is -0.0946. The Hall–Kier alpha value is -2.16. The standard InChI is InChI=1S/C18H19N3OS/c1-13(22)16-9-8-15(12-19)18(21-16)23-17(10-11-20-2)14-6-4-3-5-7-14/h3-9,17,20H,10-11H2,1-2H3. The van der Waals surface area contributed by atoms with Gasteiger partial charge in [-0.3, -0.25) is 4.79 Å². The van der Waals surface area contributed by atoms with Crippen LogP contribution in [0.5, 0.6) is 0 Å². The van der Waals surface area contributed by atoms with Crippen LogP contribution in [0.25, 0.3) is 0 Å². The molecule has 118 valence electrons. The van der Waals surface area contributed by atoms with E-state index >= 15 is 0 Å². The van der Waals surface area contributed by atoms with Crippen molar-refractivity contribution >= 4 is 17.5 Å². The zero-order chi connectivity index (χ0) is 16.7. The molecule has 0 aliphatic heterocycles. The second-order valence-corrected chi connectivity index (χ2v) is 6.32. The molecule has 0 amide bonds. The summed E-state index contributed by atoms with van der Waals surface area (Å²) in [5.41, 5.74) is 2.09. The molecule has 4 nitrogen and oxygen atoms in total. The smallest absolute Gasteiger partial charge is 0.178 e. The number of rotatable bonds is 7. The van der Waals surface area contributed by atoms with Crippen molar-refractivity contribution in [3.63, 3.8) is 0 Å². The Bertz CT molecular complexity index is 710. The number of hydrogen-bond acceptors (Lipinski definition) is 5. The van der Waals surface area contributed by atoms with Gasteiger partial charge in [-0.25, -0.2) is 4.98 Å². The molecular formula is C18H19N3OS. The van der Waals surface area contributed by atoms with Gasteiger partial charge in [0, 0.05) is 12.2 Å². The van der Waals surface area contributed by atoms with Crippen molar-refractivity contribution in [1.29, 1.82) is 5.26 Å². The molecular weight excluding hydrogens is 306 g/mol. The first-order valence-electron chi connectivity index (χ1n) is 7.44. The summed E-state index contributed by atoms with van der Waals surface area (Å²) < 4.78 is 0. The molecule has 0 aliphatic carbocycles. The van der Waals surface area contributed by atoms with E-state index in [1.165, 1.54) is 24.2 Å². The maximum Gasteiger partial charge on any atom is 0.178 e. The zero-order valence-electron chi connectivity index (χ0n) is 13.2. The predicted octanol–water partition coefficient (Wildman–Crippen LogP) is 3.60. The number of nitriles is 1. The lowest BCUT2D eigenvalue weighted by molar-refractivity contribution is 0.101. The molecule has 0 saturated carbocycles. The number of nitrogens with zero attached hydrogens (tertiary/aromatic N) is 2. The average Bonchev–Trinajstić information content (AvgIpc) is 2.59. The summed E-state index contributed by atoms with van der Waals surface area (Å²) >= 11 is 1.54. The van der Waals surface area contributed by atoms with Crippen molar-refractivity contribution in [3.8, 4) is 6.07 Å². The molecule has 0 radical (unpaired) electrons. The van der Waals surface area contributed by atoms with E-state index in [0.29, 0.717) is 16.3 Å². The fourth-order valence-corrected chi connectivity index (χ4v) is 3.37. The normalized spacial score (nSPS) is 11.7. The summed E-state index contributed by atoms with van der Waals surface area (Å²) in [7, 11) is 1.92. The molecule has 1 N–H and O–H groups in total. The first kappa shape index (κ1) is 17.2. The number of Topliss-reactive ketones (excluding diaryl/α,β-unsaturated/α-hetero) is 1. The fraction of sp³-hybridized carbons (Fsp3) is 0.278. The minimum absolute atomic E-state index is 0.0946. The molecule has 2 aromatic rings. The van der Waals surface area contributed by atoms with E-state index in [4.69, 9.17) is 0 Å². The van der Waals surface area contributed by atoms with E-state index in [-0.39, 0.29) is 11.0 Å². The Balaban J connectivity index is 2.33. The Morgan fingerprint density at radius 1 is 1.30 bits per heavy atom. The van der Waals surface area contributed by atoms with Gasteiger partial charge in [-0.15, -0.1) is 0 Å². The van der Waals surface area contributed by atoms with Gasteiger partial charge in [0.15, 0.2) is 5.78 Å². The molecule has 1 aromatic heterocycles. The second-order valence-electron chi connectivity index (χ2n) is 5.13. The highest BCUT2D eigenvalue weighted by Crippen LogP contribution is 2.38. The maximum atomic E-state index is 11.6. The van der Waals surface area contributed by atoms with Crippen molar-refractivity contribution in [1.82, 2.24) is 10.3 Å². The van der Waals surface area contributed by atoms with Crippen molar-refractivity contribution in [3.05, 3.63) is 59.3 Å². The third-order valence-corrected chi connectivity index (χ3v) is 4.75. The third-order valence-electron chi connectivity index (χ3n) is 3.42. The first-order valence-corrected chi connectivity index (χ1v) is 8.32. The second kappa shape index (κ2) is 8.47. The highest BCUT2D eigenvalue weighted by atomic mass is 32.2. The van der Waals surface area contributed by atoms with E-state index in [2.05, 4.69) is 28.5 Å². The zero-order valence-corrected chi connectivity index (χ0v) is 14.1. The number of aromatic nitrogens is 1. The summed E-state index contributed by atoms with van der Waals surface area (Å²) in [4.78, 5) is 15.9. The fourth-order valence-electron chi connectivity index (χ4n) is 2.18. The lowest BCUT2D eigenvalue weighted by atomic mass is 10.1. The van der Waals surface area contributed by atoms with Gasteiger partial charge in [0.2, 0.25) is 0 Å². The van der Waals surface area contributed by atoms with Crippen LogP contribution in [0.2, 0.25) is 0 Å². The third kappa shape index (κ3) is 4.65. The number of ketones is 1. The van der Waals surface area contributed by atoms with Crippen LogP contribution in [0.4, 0.5) is 0 Å². The summed E-state index contributed by atoms with van der Waals surface area (Å²) in [6, 6.07) is 15.6. The highest BCUT2D eigenvalue weighted by Gasteiger charge is 2.17. The number of carbonyl (C=O) groups is 1. The largest absolute Gasteiger partial charge is 0.320 e. The minimum atomic E-state index is -0.0946. The molecule has 5 heteroatoms. The van der Waals surface area contributed by atoms with Gasteiger partial charge in [0.25, 0.3) is 0 Å². The molecule has 0 bridgehead atoms. The Kier molecular flexibility index (Phi) is 6.33. The molecule has 0 fully saturated rings. The minimum Gasteiger partial charge on any atom is -0.320 e. The molecule has 2 rings (SSSR count). The van der Waals surface area contributed by atoms with Crippen molar-refractivity contribution in [2.45, 2.75) is 23.6 Å². The number of carbonyl (C=O) groups excluding carboxylic acids is 1. The molecule has 0 saturated heterocycles. The lowest BCUT2D eigenvalue weighted by Gasteiger charge is -2.17. The van der Waals surface area contributed by atoms with E-state index in [9.17, 15) is 10.1 Å². The Morgan fingerprint density at radius 3 is 2.65 bits per heavy atom. The van der Waals surface area contributed by atoms with E-state index < -0.39 is 0 Å². The number of nitrogens with one attached hydrogen (secondary N) is 1. The van der Waals surface area contributed by atoms with Gasteiger partial charge in [-0.05, 0) is 37.7 Å². The number of hydrogen-bond donors (Lipinski definition) is 1. The molecule has 1 unspecified atom stereocenters. The molecule has 1 heterocycles. The molecule has 1 atom stereocenters. The van der Waals surface area contributed by atoms with Gasteiger partial charge >= 0.3 is 0 Å². The molecule has 1 aromatic carbocycles. The molecule has 0 spiro atoms. The van der Waals surface area contributed by atoms with E-state index in [1.54, 1.807) is 12.1 Å². The van der Waals surface area contributed by atoms with Gasteiger partial charge in [0.05, 0.1) is 5.56 Å². The Labute approximate surface area is 140 Å². The van der Waals surface area contributed by atoms with Crippen LogP contribution in [-0.4, -0.2) is 24.4 Å². The quantitative estimate of drug-likeness (QED) is 0.622. The Morgan fingerprint density at radius 2 is 2.04 bits per heavy atom. The van der Waals surface area contributed by atoms with Crippen LogP contribution < -0.4 is 5.32 Å². The van der Waals surface area contributed by atoms with Gasteiger partial charge in [0.1, 0.15) is 16.8 Å². The monoisotopic (exact) mass is 325 g/mol. The molecule has 23 heavy (non-hydrogen) atoms. The van der Waals surface area contributed by atoms with E-state index in [1.807, 2.05) is 25.2 Å². The summed E-state index contributed by atoms with van der Waals surface area (Å²) in [6.07, 6.45) is 0.905. The predicted molar refractivity (Wildman–Crippen MR) is 92.5 cm³/mol. The highest BCUT2D eigenvalue weighted by molar-refractivity contribution is 7.99. The van der Waals surface area contributed by atoms with Crippen LogP contribution >= 0.6 is 11.8 Å². The van der Waals surface area contributed by atoms with Crippen LogP contribution in [0, 0.1) is 11.3 Å². The van der Waals surface area contributed by atoms with Crippen LogP contribution in [-0.2, 0) is 0 Å². The number of pyridine rings is 1. The maximum absolute atomic E-state index is 11.6. The molecule has 0 aliphatic rings. The summed E-state index contributed by atoms with van der Waals surface area (Å²) in [6.45, 7) is 2.35. The van der Waals surface area contributed by atoms with Gasteiger partial charge < -0.3 is 5.32 Å². The van der Waals surface area contributed by atoms with Crippen molar-refractivity contribution in [2.75, 3.05) is 13.6 Å². The van der Waals surface area contributed by atoms with E-state index in [0.717, 1.165) is 13.0 Å². The van der Waals surface area contributed by atoms with Gasteiger partial charge in [-0.2, -0.15) is 5.26 Å². The number of benzene rings is 1. The lowest BCUT2D eigenvalue weighted by Crippen LogP contribution is -2.11. The first-order chi connectivity index (χ1) is 11.2. The number of thioether (sulfide) groups is 1. The van der Waals surface area contributed by atoms with Crippen molar-refractivity contribution < 1.29 is 4.79 Å². The average molecular weight is 325 g/mol. The van der Waals surface area contributed by atoms with Crippen LogP contribution in [0.1, 0.15) is 40.2 Å². The van der Waals surface area contributed by atoms with Crippen LogP contribution in [0.15, 0.2) is 47.5 Å². The summed E-state index contributed by atoms with van der Waals surface area (Å²) in [5, 5.41) is 13.3. The van der Waals surface area contributed by atoms with Gasteiger partial charge in [-0.1, -0.05) is 42.1 Å². The SMILES string of the molecule is CNCCC(Sc1nc(C(C)=O)ccc1C#N)c1ccccc1. The van der Waals surface area contributed by atoms with Crippen LogP contribution in [0.3, 0.4) is 0 Å².